The summed E-state index contributed by atoms with van der Waals surface area (Å²) < 4.78 is 0. The number of hydrogen-bond donors (Lipinski definition) is 1. The molecule has 1 heterocycles. The topological polar surface area (TPSA) is 40.5 Å². The van der Waals surface area contributed by atoms with Crippen LogP contribution in [0.2, 0.25) is 0 Å². The highest BCUT2D eigenvalue weighted by molar-refractivity contribution is 5.66. The molecular weight excluding hydrogens is 214 g/mol. The molecule has 1 atom stereocenters. The van der Waals surface area contributed by atoms with Crippen molar-refractivity contribution < 1.29 is 9.90 Å². The number of carboxylic acids is 1. The predicted octanol–water partition coefficient (Wildman–Crippen LogP) is 3.14. The van der Waals surface area contributed by atoms with Gasteiger partial charge in [0.1, 0.15) is 0 Å². The Morgan fingerprint density at radius 3 is 2.82 bits per heavy atom. The molecule has 0 saturated carbocycles. The van der Waals surface area contributed by atoms with Gasteiger partial charge in [0.25, 0.3) is 0 Å². The molecule has 0 spiro atoms. The molecule has 0 aromatic carbocycles. The van der Waals surface area contributed by atoms with Crippen molar-refractivity contribution in [2.75, 3.05) is 13.1 Å². The van der Waals surface area contributed by atoms with Crippen LogP contribution in [-0.4, -0.2) is 35.1 Å². The summed E-state index contributed by atoms with van der Waals surface area (Å²) in [6.07, 6.45) is 7.62. The van der Waals surface area contributed by atoms with Crippen molar-refractivity contribution in [3.63, 3.8) is 0 Å². The van der Waals surface area contributed by atoms with E-state index in [9.17, 15) is 4.79 Å². The fourth-order valence-electron chi connectivity index (χ4n) is 2.64. The summed E-state index contributed by atoms with van der Waals surface area (Å²) in [5.41, 5.74) is 0. The average molecular weight is 241 g/mol. The van der Waals surface area contributed by atoms with Gasteiger partial charge < -0.3 is 10.0 Å². The first-order valence-corrected chi connectivity index (χ1v) is 7.05. The monoisotopic (exact) mass is 241 g/mol. The Hall–Kier alpha value is -0.570. The van der Waals surface area contributed by atoms with E-state index in [1.165, 1.54) is 38.6 Å². The van der Waals surface area contributed by atoms with Crippen LogP contribution in [0.15, 0.2) is 0 Å². The van der Waals surface area contributed by atoms with Crippen LogP contribution in [0.1, 0.15) is 58.8 Å². The van der Waals surface area contributed by atoms with Crippen LogP contribution < -0.4 is 0 Å². The van der Waals surface area contributed by atoms with Gasteiger partial charge in [-0.2, -0.15) is 0 Å². The average Bonchev–Trinajstić information content (AvgIpc) is 2.27. The van der Waals surface area contributed by atoms with Crippen LogP contribution in [0.3, 0.4) is 0 Å². The molecule has 100 valence electrons. The summed E-state index contributed by atoms with van der Waals surface area (Å²) in [5, 5.41) is 8.67. The summed E-state index contributed by atoms with van der Waals surface area (Å²) in [6.45, 7) is 6.69. The first kappa shape index (κ1) is 14.5. The highest BCUT2D eigenvalue weighted by Gasteiger charge is 2.21. The Labute approximate surface area is 105 Å². The van der Waals surface area contributed by atoms with Crippen LogP contribution >= 0.6 is 0 Å². The maximum Gasteiger partial charge on any atom is 0.303 e. The fourth-order valence-corrected chi connectivity index (χ4v) is 2.64. The van der Waals surface area contributed by atoms with Gasteiger partial charge >= 0.3 is 5.97 Å². The maximum absolute atomic E-state index is 10.5. The van der Waals surface area contributed by atoms with Crippen molar-refractivity contribution in [3.05, 3.63) is 0 Å². The smallest absolute Gasteiger partial charge is 0.303 e. The van der Waals surface area contributed by atoms with E-state index >= 15 is 0 Å². The van der Waals surface area contributed by atoms with Crippen LogP contribution in [0.5, 0.6) is 0 Å². The number of nitrogens with zero attached hydrogens (tertiary/aromatic N) is 1. The molecule has 1 saturated heterocycles. The molecule has 17 heavy (non-hydrogen) atoms. The molecule has 3 nitrogen and oxygen atoms in total. The van der Waals surface area contributed by atoms with E-state index in [-0.39, 0.29) is 0 Å². The molecule has 1 rings (SSSR count). The molecule has 0 unspecified atom stereocenters. The van der Waals surface area contributed by atoms with Crippen molar-refractivity contribution in [2.45, 2.75) is 64.8 Å². The zero-order valence-corrected chi connectivity index (χ0v) is 11.3. The van der Waals surface area contributed by atoms with Gasteiger partial charge in [-0.3, -0.25) is 4.79 Å². The van der Waals surface area contributed by atoms with E-state index in [4.69, 9.17) is 5.11 Å². The summed E-state index contributed by atoms with van der Waals surface area (Å²) in [6, 6.07) is 0.708. The first-order chi connectivity index (χ1) is 8.09. The molecule has 0 radical (unpaired) electrons. The minimum absolute atomic E-state index is 0.313. The quantitative estimate of drug-likeness (QED) is 0.744. The van der Waals surface area contributed by atoms with E-state index in [2.05, 4.69) is 18.7 Å². The summed E-state index contributed by atoms with van der Waals surface area (Å²) in [7, 11) is 0. The number of likely N-dealkylation sites (tertiary alicyclic amines) is 1. The van der Waals surface area contributed by atoms with Crippen LogP contribution in [0.25, 0.3) is 0 Å². The van der Waals surface area contributed by atoms with Crippen molar-refractivity contribution in [2.24, 2.45) is 5.92 Å². The third-order valence-electron chi connectivity index (χ3n) is 3.66. The Morgan fingerprint density at radius 1 is 1.41 bits per heavy atom. The maximum atomic E-state index is 10.5. The Kier molecular flexibility index (Phi) is 6.56. The number of rotatable bonds is 7. The predicted molar refractivity (Wildman–Crippen MR) is 70.2 cm³/mol. The highest BCUT2D eigenvalue weighted by Crippen LogP contribution is 2.22. The van der Waals surface area contributed by atoms with Crippen LogP contribution in [-0.2, 0) is 4.79 Å². The van der Waals surface area contributed by atoms with Crippen molar-refractivity contribution >= 4 is 5.97 Å². The van der Waals surface area contributed by atoms with Gasteiger partial charge in [-0.25, -0.2) is 0 Å². The van der Waals surface area contributed by atoms with Crippen molar-refractivity contribution in [1.29, 1.82) is 0 Å². The second-order valence-electron chi connectivity index (χ2n) is 5.65. The van der Waals surface area contributed by atoms with Crippen molar-refractivity contribution in [3.8, 4) is 0 Å². The molecule has 1 fully saturated rings. The van der Waals surface area contributed by atoms with E-state index in [0.29, 0.717) is 12.5 Å². The number of carbonyl (C=O) groups is 1. The molecule has 0 aromatic rings. The third kappa shape index (κ3) is 6.06. The summed E-state index contributed by atoms with van der Waals surface area (Å²) in [5.74, 6) is 0.110. The molecule has 1 N–H and O–H groups in total. The van der Waals surface area contributed by atoms with E-state index < -0.39 is 5.97 Å². The summed E-state index contributed by atoms with van der Waals surface area (Å²) in [4.78, 5) is 13.0. The zero-order valence-electron chi connectivity index (χ0n) is 11.3. The number of piperidine rings is 1. The molecule has 3 heteroatoms. The molecule has 0 bridgehead atoms. The Balaban J connectivity index is 2.29. The van der Waals surface area contributed by atoms with Gasteiger partial charge in [-0.15, -0.1) is 0 Å². The second-order valence-corrected chi connectivity index (χ2v) is 5.65. The highest BCUT2D eigenvalue weighted by atomic mass is 16.4. The number of aliphatic carboxylic acids is 1. The van der Waals surface area contributed by atoms with Gasteiger partial charge in [0.05, 0.1) is 0 Å². The lowest BCUT2D eigenvalue weighted by molar-refractivity contribution is -0.137. The number of hydrogen-bond acceptors (Lipinski definition) is 2. The molecule has 0 aromatic heterocycles. The summed E-state index contributed by atoms with van der Waals surface area (Å²) >= 11 is 0. The lowest BCUT2D eigenvalue weighted by Crippen LogP contribution is -2.40. The normalized spacial score (nSPS) is 21.9. The fraction of sp³-hybridized carbons (Fsp3) is 0.929. The van der Waals surface area contributed by atoms with Crippen LogP contribution in [0.4, 0.5) is 0 Å². The second kappa shape index (κ2) is 7.70. The lowest BCUT2D eigenvalue weighted by atomic mass is 9.94. The van der Waals surface area contributed by atoms with E-state index in [1.807, 2.05) is 0 Å². The zero-order chi connectivity index (χ0) is 12.7. The number of carboxylic acid groups (broad SMARTS) is 1. The molecule has 1 aliphatic heterocycles. The Bertz CT molecular complexity index is 228. The van der Waals surface area contributed by atoms with Gasteiger partial charge in [-0.1, -0.05) is 20.3 Å². The third-order valence-corrected chi connectivity index (χ3v) is 3.66. The van der Waals surface area contributed by atoms with Gasteiger partial charge in [0.2, 0.25) is 0 Å². The minimum Gasteiger partial charge on any atom is -0.481 e. The SMILES string of the molecule is CC(C)CC[C@H]1CCCCN1CCCC(=O)O. The standard InChI is InChI=1S/C14H27NO2/c1-12(2)8-9-13-6-3-4-10-15(13)11-5-7-14(16)17/h12-13H,3-11H2,1-2H3,(H,16,17)/t13-/m1/s1. The molecule has 1 aliphatic rings. The lowest BCUT2D eigenvalue weighted by Gasteiger charge is -2.36. The molecule has 0 aliphatic carbocycles. The van der Waals surface area contributed by atoms with Gasteiger partial charge in [-0.05, 0) is 51.1 Å². The minimum atomic E-state index is -0.666. The van der Waals surface area contributed by atoms with Crippen LogP contribution in [0, 0.1) is 5.92 Å². The molecular formula is C14H27NO2. The first-order valence-electron chi connectivity index (χ1n) is 7.05. The molecule has 0 amide bonds. The van der Waals surface area contributed by atoms with Gasteiger partial charge in [0.15, 0.2) is 0 Å². The Morgan fingerprint density at radius 2 is 2.18 bits per heavy atom. The van der Waals surface area contributed by atoms with E-state index in [1.54, 1.807) is 0 Å². The van der Waals surface area contributed by atoms with Gasteiger partial charge in [0, 0.05) is 12.5 Å². The van der Waals surface area contributed by atoms with Crippen molar-refractivity contribution in [1.82, 2.24) is 4.90 Å². The van der Waals surface area contributed by atoms with E-state index in [0.717, 1.165) is 18.9 Å². The largest absolute Gasteiger partial charge is 0.481 e.